The lowest BCUT2D eigenvalue weighted by Crippen LogP contribution is -2.51. The van der Waals surface area contributed by atoms with Gasteiger partial charge in [0.2, 0.25) is 0 Å². The number of hydrogen-bond acceptors (Lipinski definition) is 4. The third-order valence-electron chi connectivity index (χ3n) is 4.16. The molecular weight excluding hydrogens is 304 g/mol. The van der Waals surface area contributed by atoms with Crippen molar-refractivity contribution in [2.45, 2.75) is 13.0 Å². The lowest BCUT2D eigenvalue weighted by molar-refractivity contribution is 0.224. The topological polar surface area (TPSA) is 76.3 Å². The number of para-hydroxylation sites is 1. The number of nitrogens with one attached hydrogen (secondary N) is 3. The van der Waals surface area contributed by atoms with Crippen molar-refractivity contribution in [3.63, 3.8) is 0 Å². The second-order valence-electron chi connectivity index (χ2n) is 6.11. The number of amides is 2. The third-order valence-corrected chi connectivity index (χ3v) is 4.16. The van der Waals surface area contributed by atoms with Crippen LogP contribution in [0.25, 0.3) is 0 Å². The van der Waals surface area contributed by atoms with E-state index in [2.05, 4.69) is 54.9 Å². The summed E-state index contributed by atoms with van der Waals surface area (Å²) in [5, 5.41) is 12.2. The Bertz CT molecular complexity index is 622. The van der Waals surface area contributed by atoms with Gasteiger partial charge < -0.3 is 15.5 Å². The van der Waals surface area contributed by atoms with Crippen LogP contribution in [0.2, 0.25) is 0 Å². The van der Waals surface area contributed by atoms with Gasteiger partial charge in [-0.15, -0.1) is 0 Å². The van der Waals surface area contributed by atoms with Crippen LogP contribution in [0.1, 0.15) is 6.92 Å². The highest BCUT2D eigenvalue weighted by molar-refractivity contribution is 5.89. The van der Waals surface area contributed by atoms with E-state index >= 15 is 0 Å². The number of H-pyrrole nitrogens is 1. The van der Waals surface area contributed by atoms with E-state index in [0.29, 0.717) is 5.69 Å². The number of aromatic amines is 1. The number of urea groups is 1. The Morgan fingerprint density at radius 3 is 2.67 bits per heavy atom. The van der Waals surface area contributed by atoms with Gasteiger partial charge in [-0.2, -0.15) is 5.10 Å². The standard InChI is InChI=1S/C17H24N6O/c1-14(20-17(24)21-15-11-18-19-12-15)13-22-7-9-23(10-8-22)16-5-3-2-4-6-16/h2-6,11-12,14H,7-10,13H2,1H3,(H,18,19)(H2,20,21,24)/t14-/m0/s1. The van der Waals surface area contributed by atoms with E-state index in [1.54, 1.807) is 12.4 Å². The lowest BCUT2D eigenvalue weighted by Gasteiger charge is -2.37. The maximum atomic E-state index is 11.9. The average molecular weight is 328 g/mol. The molecule has 3 rings (SSSR count). The number of piperazine rings is 1. The Labute approximate surface area is 142 Å². The first-order valence-electron chi connectivity index (χ1n) is 8.29. The van der Waals surface area contributed by atoms with Gasteiger partial charge in [-0.1, -0.05) is 18.2 Å². The third kappa shape index (κ3) is 4.48. The molecule has 7 nitrogen and oxygen atoms in total. The predicted molar refractivity (Wildman–Crippen MR) is 95.3 cm³/mol. The van der Waals surface area contributed by atoms with E-state index in [1.165, 1.54) is 5.69 Å². The minimum Gasteiger partial charge on any atom is -0.369 e. The van der Waals surface area contributed by atoms with Crippen LogP contribution in [0.15, 0.2) is 42.7 Å². The van der Waals surface area contributed by atoms with Crippen LogP contribution in [0, 0.1) is 0 Å². The van der Waals surface area contributed by atoms with Crippen LogP contribution in [0.5, 0.6) is 0 Å². The molecule has 1 aromatic heterocycles. The molecule has 2 aromatic rings. The minimum atomic E-state index is -0.202. The molecule has 7 heteroatoms. The Hall–Kier alpha value is -2.54. The molecule has 3 N–H and O–H groups in total. The number of carbonyl (C=O) groups excluding carboxylic acids is 1. The number of benzene rings is 1. The molecule has 0 spiro atoms. The molecule has 128 valence electrons. The number of rotatable bonds is 5. The molecule has 1 aromatic carbocycles. The summed E-state index contributed by atoms with van der Waals surface area (Å²) in [5.74, 6) is 0. The predicted octanol–water partition coefficient (Wildman–Crippen LogP) is 1.74. The molecule has 0 unspecified atom stereocenters. The zero-order valence-electron chi connectivity index (χ0n) is 13.9. The lowest BCUT2D eigenvalue weighted by atomic mass is 10.2. The fourth-order valence-electron chi connectivity index (χ4n) is 2.97. The first-order chi connectivity index (χ1) is 11.7. The molecular formula is C17H24N6O. The van der Waals surface area contributed by atoms with Crippen molar-refractivity contribution in [3.05, 3.63) is 42.7 Å². The van der Waals surface area contributed by atoms with Gasteiger partial charge in [0.1, 0.15) is 0 Å². The SMILES string of the molecule is C[C@@H](CN1CCN(c2ccccc2)CC1)NC(=O)Nc1cn[nH]c1. The molecule has 2 amide bonds. The molecule has 2 heterocycles. The summed E-state index contributed by atoms with van der Waals surface area (Å²) in [6.07, 6.45) is 3.22. The smallest absolute Gasteiger partial charge is 0.319 e. The molecule has 24 heavy (non-hydrogen) atoms. The number of anilines is 2. The van der Waals surface area contributed by atoms with Crippen LogP contribution in [-0.4, -0.2) is 59.9 Å². The molecule has 1 atom stereocenters. The number of carbonyl (C=O) groups is 1. The van der Waals surface area contributed by atoms with Gasteiger partial charge in [0.25, 0.3) is 0 Å². The molecule has 1 saturated heterocycles. The summed E-state index contributed by atoms with van der Waals surface area (Å²) in [5.41, 5.74) is 1.94. The van der Waals surface area contributed by atoms with Gasteiger partial charge in [-0.3, -0.25) is 10.00 Å². The van der Waals surface area contributed by atoms with Gasteiger partial charge in [0.05, 0.1) is 11.9 Å². The summed E-state index contributed by atoms with van der Waals surface area (Å²) in [4.78, 5) is 16.7. The first-order valence-corrected chi connectivity index (χ1v) is 8.29. The molecule has 0 aliphatic carbocycles. The van der Waals surface area contributed by atoms with Gasteiger partial charge in [0.15, 0.2) is 0 Å². The van der Waals surface area contributed by atoms with Crippen molar-refractivity contribution in [2.75, 3.05) is 42.9 Å². The average Bonchev–Trinajstić information content (AvgIpc) is 3.09. The van der Waals surface area contributed by atoms with Crippen LogP contribution in [0.3, 0.4) is 0 Å². The second kappa shape index (κ2) is 7.83. The fraction of sp³-hybridized carbons (Fsp3) is 0.412. The maximum Gasteiger partial charge on any atom is 0.319 e. The maximum absolute atomic E-state index is 11.9. The number of hydrogen-bond donors (Lipinski definition) is 3. The van der Waals surface area contributed by atoms with Gasteiger partial charge in [0, 0.05) is 50.6 Å². The van der Waals surface area contributed by atoms with Gasteiger partial charge in [-0.05, 0) is 19.1 Å². The first kappa shape index (κ1) is 16.3. The highest BCUT2D eigenvalue weighted by Crippen LogP contribution is 2.15. The van der Waals surface area contributed by atoms with Crippen LogP contribution in [0.4, 0.5) is 16.2 Å². The van der Waals surface area contributed by atoms with Crippen molar-refractivity contribution >= 4 is 17.4 Å². The molecule has 0 saturated carbocycles. The highest BCUT2D eigenvalue weighted by atomic mass is 16.2. The van der Waals surface area contributed by atoms with E-state index in [1.807, 2.05) is 13.0 Å². The molecule has 0 radical (unpaired) electrons. The molecule has 1 aliphatic heterocycles. The normalized spacial score (nSPS) is 16.6. The van der Waals surface area contributed by atoms with E-state index in [9.17, 15) is 4.79 Å². The summed E-state index contributed by atoms with van der Waals surface area (Å²) in [7, 11) is 0. The fourth-order valence-corrected chi connectivity index (χ4v) is 2.97. The van der Waals surface area contributed by atoms with Crippen LogP contribution in [-0.2, 0) is 0 Å². The van der Waals surface area contributed by atoms with Gasteiger partial charge in [-0.25, -0.2) is 4.79 Å². The van der Waals surface area contributed by atoms with Crippen LogP contribution < -0.4 is 15.5 Å². The highest BCUT2D eigenvalue weighted by Gasteiger charge is 2.19. The van der Waals surface area contributed by atoms with E-state index in [4.69, 9.17) is 0 Å². The van der Waals surface area contributed by atoms with Crippen molar-refractivity contribution in [1.29, 1.82) is 0 Å². The van der Waals surface area contributed by atoms with Crippen LogP contribution >= 0.6 is 0 Å². The zero-order valence-corrected chi connectivity index (χ0v) is 13.9. The minimum absolute atomic E-state index is 0.0835. The van der Waals surface area contributed by atoms with Crippen molar-refractivity contribution in [1.82, 2.24) is 20.4 Å². The molecule has 0 bridgehead atoms. The van der Waals surface area contributed by atoms with E-state index in [0.717, 1.165) is 32.7 Å². The summed E-state index contributed by atoms with van der Waals surface area (Å²) in [6.45, 7) is 6.91. The molecule has 1 aliphatic rings. The summed E-state index contributed by atoms with van der Waals surface area (Å²) >= 11 is 0. The van der Waals surface area contributed by atoms with Crippen molar-refractivity contribution < 1.29 is 4.79 Å². The Kier molecular flexibility index (Phi) is 5.32. The number of nitrogens with zero attached hydrogens (tertiary/aromatic N) is 3. The Morgan fingerprint density at radius 2 is 2.00 bits per heavy atom. The van der Waals surface area contributed by atoms with E-state index in [-0.39, 0.29) is 12.1 Å². The quantitative estimate of drug-likeness (QED) is 0.781. The monoisotopic (exact) mass is 328 g/mol. The molecule has 1 fully saturated rings. The van der Waals surface area contributed by atoms with Gasteiger partial charge >= 0.3 is 6.03 Å². The Balaban J connectivity index is 1.40. The largest absolute Gasteiger partial charge is 0.369 e. The summed E-state index contributed by atoms with van der Waals surface area (Å²) < 4.78 is 0. The van der Waals surface area contributed by atoms with Crippen molar-refractivity contribution in [2.24, 2.45) is 0 Å². The number of aromatic nitrogens is 2. The van der Waals surface area contributed by atoms with Crippen molar-refractivity contribution in [3.8, 4) is 0 Å². The van der Waals surface area contributed by atoms with E-state index < -0.39 is 0 Å². The Morgan fingerprint density at radius 1 is 1.25 bits per heavy atom. The zero-order chi connectivity index (χ0) is 16.8. The second-order valence-corrected chi connectivity index (χ2v) is 6.11. The summed E-state index contributed by atoms with van der Waals surface area (Å²) in [6, 6.07) is 10.4.